The Balaban J connectivity index is 1.71. The minimum Gasteiger partial charge on any atom is -0.348 e. The molecule has 0 aliphatic carbocycles. The van der Waals surface area contributed by atoms with E-state index in [0.717, 1.165) is 11.1 Å². The van der Waals surface area contributed by atoms with Crippen molar-refractivity contribution in [2.45, 2.75) is 13.1 Å². The molecule has 0 radical (unpaired) electrons. The molecule has 0 atom stereocenters. The number of aromatic nitrogens is 2. The van der Waals surface area contributed by atoms with Gasteiger partial charge in [0.25, 0.3) is 5.91 Å². The quantitative estimate of drug-likeness (QED) is 0.742. The lowest BCUT2D eigenvalue weighted by atomic mass is 10.1. The Morgan fingerprint density at radius 2 is 1.88 bits per heavy atom. The van der Waals surface area contributed by atoms with E-state index in [4.69, 9.17) is 23.2 Å². The largest absolute Gasteiger partial charge is 0.348 e. The molecule has 0 spiro atoms. The topological polar surface area (TPSA) is 46.9 Å². The molecule has 0 aliphatic rings. The maximum atomic E-state index is 12.3. The van der Waals surface area contributed by atoms with Gasteiger partial charge in [-0.25, -0.2) is 0 Å². The van der Waals surface area contributed by atoms with Crippen LogP contribution in [0.5, 0.6) is 0 Å². The minimum atomic E-state index is -0.231. The second kappa shape index (κ2) is 7.51. The summed E-state index contributed by atoms with van der Waals surface area (Å²) >= 11 is 11.9. The summed E-state index contributed by atoms with van der Waals surface area (Å²) in [5.41, 5.74) is 2.54. The van der Waals surface area contributed by atoms with Crippen LogP contribution in [0, 0.1) is 0 Å². The number of hydrogen-bond acceptors (Lipinski definition) is 2. The molecule has 0 aliphatic heterocycles. The van der Waals surface area contributed by atoms with Crippen molar-refractivity contribution in [2.24, 2.45) is 0 Å². The van der Waals surface area contributed by atoms with Crippen LogP contribution in [-0.4, -0.2) is 15.7 Å². The number of amides is 1. The van der Waals surface area contributed by atoms with E-state index in [1.54, 1.807) is 24.4 Å². The maximum Gasteiger partial charge on any atom is 0.253 e. The van der Waals surface area contributed by atoms with Crippen LogP contribution >= 0.6 is 23.2 Å². The zero-order valence-electron chi connectivity index (χ0n) is 12.7. The first kappa shape index (κ1) is 16.6. The molecule has 3 aromatic rings. The van der Waals surface area contributed by atoms with Crippen LogP contribution in [0.15, 0.2) is 60.9 Å². The zero-order chi connectivity index (χ0) is 16.9. The van der Waals surface area contributed by atoms with Gasteiger partial charge in [-0.2, -0.15) is 5.10 Å². The van der Waals surface area contributed by atoms with Crippen LogP contribution in [-0.2, 0) is 13.1 Å². The minimum absolute atomic E-state index is 0.231. The summed E-state index contributed by atoms with van der Waals surface area (Å²) in [6.07, 6.45) is 3.65. The van der Waals surface area contributed by atoms with Crippen molar-refractivity contribution in [1.82, 2.24) is 15.1 Å². The smallest absolute Gasteiger partial charge is 0.253 e. The molecule has 3 rings (SSSR count). The molecule has 122 valence electrons. The maximum absolute atomic E-state index is 12.3. The lowest BCUT2D eigenvalue weighted by Crippen LogP contribution is -2.24. The SMILES string of the molecule is O=C(NCc1ccccc1Cn1cccn1)c1ccc(Cl)cc1Cl. The van der Waals surface area contributed by atoms with Crippen molar-refractivity contribution in [3.8, 4) is 0 Å². The first-order valence-electron chi connectivity index (χ1n) is 7.41. The summed E-state index contributed by atoms with van der Waals surface area (Å²) in [5, 5.41) is 7.95. The number of rotatable bonds is 5. The van der Waals surface area contributed by atoms with Gasteiger partial charge in [0.1, 0.15) is 0 Å². The number of nitrogens with one attached hydrogen (secondary N) is 1. The van der Waals surface area contributed by atoms with E-state index < -0.39 is 0 Å². The summed E-state index contributed by atoms with van der Waals surface area (Å²) in [5.74, 6) is -0.231. The number of carbonyl (C=O) groups is 1. The lowest BCUT2D eigenvalue weighted by molar-refractivity contribution is 0.0951. The van der Waals surface area contributed by atoms with Crippen LogP contribution < -0.4 is 5.32 Å². The fourth-order valence-electron chi connectivity index (χ4n) is 2.40. The van der Waals surface area contributed by atoms with Crippen LogP contribution in [0.25, 0.3) is 0 Å². The van der Waals surface area contributed by atoms with Gasteiger partial charge in [-0.05, 0) is 35.4 Å². The van der Waals surface area contributed by atoms with Gasteiger partial charge in [0.2, 0.25) is 0 Å². The molecule has 2 aromatic carbocycles. The summed E-state index contributed by atoms with van der Waals surface area (Å²) in [7, 11) is 0. The van der Waals surface area contributed by atoms with E-state index in [2.05, 4.69) is 10.4 Å². The second-order valence-electron chi connectivity index (χ2n) is 5.28. The number of nitrogens with zero attached hydrogens (tertiary/aromatic N) is 2. The van der Waals surface area contributed by atoms with Crippen molar-refractivity contribution in [1.29, 1.82) is 0 Å². The first-order chi connectivity index (χ1) is 11.6. The normalized spacial score (nSPS) is 10.6. The predicted octanol–water partition coefficient (Wildman–Crippen LogP) is 4.17. The average molecular weight is 360 g/mol. The number of halogens is 2. The van der Waals surface area contributed by atoms with Crippen LogP contribution in [0.2, 0.25) is 10.0 Å². The third-order valence-electron chi connectivity index (χ3n) is 3.63. The van der Waals surface area contributed by atoms with Crippen molar-refractivity contribution in [3.05, 3.63) is 87.7 Å². The summed E-state index contributed by atoms with van der Waals surface area (Å²) in [6.45, 7) is 1.07. The van der Waals surface area contributed by atoms with Gasteiger partial charge >= 0.3 is 0 Å². The average Bonchev–Trinajstić information content (AvgIpc) is 3.07. The fourth-order valence-corrected chi connectivity index (χ4v) is 2.89. The highest BCUT2D eigenvalue weighted by Crippen LogP contribution is 2.21. The van der Waals surface area contributed by atoms with Gasteiger partial charge in [0.15, 0.2) is 0 Å². The number of benzene rings is 2. The van der Waals surface area contributed by atoms with Crippen molar-refractivity contribution < 1.29 is 4.79 Å². The third-order valence-corrected chi connectivity index (χ3v) is 4.17. The van der Waals surface area contributed by atoms with E-state index in [0.29, 0.717) is 28.7 Å². The van der Waals surface area contributed by atoms with Crippen molar-refractivity contribution in [3.63, 3.8) is 0 Å². The Labute approximate surface area is 150 Å². The van der Waals surface area contributed by atoms with E-state index in [1.165, 1.54) is 0 Å². The molecule has 1 heterocycles. The number of carbonyl (C=O) groups excluding carboxylic acids is 1. The molecular formula is C18H15Cl2N3O. The molecule has 1 aromatic heterocycles. The molecule has 0 unspecified atom stereocenters. The van der Waals surface area contributed by atoms with E-state index in [9.17, 15) is 4.79 Å². The Morgan fingerprint density at radius 1 is 1.08 bits per heavy atom. The zero-order valence-corrected chi connectivity index (χ0v) is 14.3. The molecule has 6 heteroatoms. The van der Waals surface area contributed by atoms with Crippen molar-refractivity contribution >= 4 is 29.1 Å². The van der Waals surface area contributed by atoms with Crippen LogP contribution in [0.4, 0.5) is 0 Å². The van der Waals surface area contributed by atoms with E-state index >= 15 is 0 Å². The summed E-state index contributed by atoms with van der Waals surface area (Å²) in [6, 6.07) is 14.6. The van der Waals surface area contributed by atoms with E-state index in [-0.39, 0.29) is 5.91 Å². The third kappa shape index (κ3) is 3.96. The molecular weight excluding hydrogens is 345 g/mol. The molecule has 0 saturated heterocycles. The van der Waals surface area contributed by atoms with Gasteiger partial charge < -0.3 is 5.32 Å². The monoisotopic (exact) mass is 359 g/mol. The lowest BCUT2D eigenvalue weighted by Gasteiger charge is -2.11. The summed E-state index contributed by atoms with van der Waals surface area (Å²) in [4.78, 5) is 12.3. The summed E-state index contributed by atoms with van der Waals surface area (Å²) < 4.78 is 1.84. The molecule has 4 nitrogen and oxygen atoms in total. The predicted molar refractivity (Wildman–Crippen MR) is 95.4 cm³/mol. The Kier molecular flexibility index (Phi) is 5.18. The molecule has 0 bridgehead atoms. The van der Waals surface area contributed by atoms with Crippen molar-refractivity contribution in [2.75, 3.05) is 0 Å². The Morgan fingerprint density at radius 3 is 2.58 bits per heavy atom. The van der Waals surface area contributed by atoms with Crippen LogP contribution in [0.1, 0.15) is 21.5 Å². The molecule has 1 amide bonds. The van der Waals surface area contributed by atoms with E-state index in [1.807, 2.05) is 41.2 Å². The molecule has 1 N–H and O–H groups in total. The Bertz CT molecular complexity index is 847. The van der Waals surface area contributed by atoms with Gasteiger partial charge in [-0.15, -0.1) is 0 Å². The number of hydrogen-bond donors (Lipinski definition) is 1. The highest BCUT2D eigenvalue weighted by atomic mass is 35.5. The standard InChI is InChI=1S/C18H15Cl2N3O/c19-15-6-7-16(17(20)10-15)18(24)21-11-13-4-1-2-5-14(13)12-23-9-3-8-22-23/h1-10H,11-12H2,(H,21,24). The van der Waals surface area contributed by atoms with Gasteiger partial charge in [0.05, 0.1) is 17.1 Å². The second-order valence-corrected chi connectivity index (χ2v) is 6.12. The van der Waals surface area contributed by atoms with Gasteiger partial charge in [0, 0.05) is 24.0 Å². The highest BCUT2D eigenvalue weighted by Gasteiger charge is 2.11. The van der Waals surface area contributed by atoms with Gasteiger partial charge in [-0.1, -0.05) is 47.5 Å². The Hall–Kier alpha value is -2.30. The van der Waals surface area contributed by atoms with Crippen LogP contribution in [0.3, 0.4) is 0 Å². The molecule has 0 saturated carbocycles. The molecule has 0 fully saturated rings. The fraction of sp³-hybridized carbons (Fsp3) is 0.111. The molecule has 24 heavy (non-hydrogen) atoms. The highest BCUT2D eigenvalue weighted by molar-refractivity contribution is 6.36. The van der Waals surface area contributed by atoms with Gasteiger partial charge in [-0.3, -0.25) is 9.48 Å². The first-order valence-corrected chi connectivity index (χ1v) is 8.16.